The number of nitrogens with one attached hydrogen (secondary N) is 1. The molecule has 236 valence electrons. The fourth-order valence-electron chi connectivity index (χ4n) is 6.54. The Labute approximate surface area is 274 Å². The van der Waals surface area contributed by atoms with Gasteiger partial charge in [0.15, 0.2) is 0 Å². The van der Waals surface area contributed by atoms with Gasteiger partial charge in [0, 0.05) is 18.3 Å². The monoisotopic (exact) mass is 623 g/mol. The molecule has 0 unspecified atom stereocenters. The number of fused-ring (bicyclic) bond motifs is 1. The van der Waals surface area contributed by atoms with Crippen molar-refractivity contribution in [2.24, 2.45) is 5.92 Å². The SMILES string of the molecule is COC(=O)[C@H](Cc1cncn1C(c1ccccc1)(c1ccccc1)c1ccccc1)NC(=O)[C@@H](CO)Cc1cccc2ccccc12. The van der Waals surface area contributed by atoms with Gasteiger partial charge in [-0.1, -0.05) is 133 Å². The van der Waals surface area contributed by atoms with E-state index in [0.29, 0.717) is 12.1 Å². The van der Waals surface area contributed by atoms with Gasteiger partial charge in [-0.15, -0.1) is 0 Å². The number of ether oxygens (including phenoxy) is 1. The van der Waals surface area contributed by atoms with Gasteiger partial charge in [-0.2, -0.15) is 0 Å². The molecule has 2 atom stereocenters. The van der Waals surface area contributed by atoms with Crippen LogP contribution in [0.3, 0.4) is 0 Å². The Bertz CT molecular complexity index is 1840. The van der Waals surface area contributed by atoms with Crippen LogP contribution in [0.15, 0.2) is 146 Å². The summed E-state index contributed by atoms with van der Waals surface area (Å²) in [7, 11) is 1.31. The lowest BCUT2D eigenvalue weighted by Crippen LogP contribution is -2.47. The summed E-state index contributed by atoms with van der Waals surface area (Å²) in [5.41, 5.74) is 3.83. The zero-order chi connectivity index (χ0) is 32.6. The molecule has 47 heavy (non-hydrogen) atoms. The lowest BCUT2D eigenvalue weighted by atomic mass is 9.76. The first-order chi connectivity index (χ1) is 23.1. The molecular formula is C40H37N3O4. The van der Waals surface area contributed by atoms with Crippen molar-refractivity contribution in [3.63, 3.8) is 0 Å². The van der Waals surface area contributed by atoms with Gasteiger partial charge in [0.25, 0.3) is 0 Å². The van der Waals surface area contributed by atoms with Crippen molar-refractivity contribution < 1.29 is 19.4 Å². The van der Waals surface area contributed by atoms with E-state index >= 15 is 0 Å². The topological polar surface area (TPSA) is 93.5 Å². The minimum atomic E-state index is -1.02. The number of hydrogen-bond donors (Lipinski definition) is 2. The maximum Gasteiger partial charge on any atom is 0.328 e. The minimum Gasteiger partial charge on any atom is -0.467 e. The van der Waals surface area contributed by atoms with Gasteiger partial charge in [-0.3, -0.25) is 4.79 Å². The molecule has 6 rings (SSSR count). The summed E-state index contributed by atoms with van der Waals surface area (Å²) in [5.74, 6) is -1.78. The number of aliphatic hydroxyl groups excluding tert-OH is 1. The molecule has 1 amide bonds. The summed E-state index contributed by atoms with van der Waals surface area (Å²) in [4.78, 5) is 31.6. The summed E-state index contributed by atoms with van der Waals surface area (Å²) in [6, 6.07) is 43.4. The van der Waals surface area contributed by atoms with Crippen molar-refractivity contribution in [2.45, 2.75) is 24.4 Å². The van der Waals surface area contributed by atoms with E-state index < -0.39 is 29.4 Å². The molecular weight excluding hydrogens is 586 g/mol. The third-order valence-electron chi connectivity index (χ3n) is 8.80. The number of amides is 1. The quantitative estimate of drug-likeness (QED) is 0.130. The van der Waals surface area contributed by atoms with Crippen LogP contribution in [0.5, 0.6) is 0 Å². The van der Waals surface area contributed by atoms with E-state index in [9.17, 15) is 14.7 Å². The van der Waals surface area contributed by atoms with Crippen LogP contribution in [0.2, 0.25) is 0 Å². The van der Waals surface area contributed by atoms with Gasteiger partial charge < -0.3 is 19.7 Å². The van der Waals surface area contributed by atoms with Gasteiger partial charge in [0.05, 0.1) is 26.0 Å². The van der Waals surface area contributed by atoms with Crippen molar-refractivity contribution in [2.75, 3.05) is 13.7 Å². The molecule has 7 nitrogen and oxygen atoms in total. The highest BCUT2D eigenvalue weighted by molar-refractivity contribution is 5.88. The van der Waals surface area contributed by atoms with E-state index in [-0.39, 0.29) is 13.0 Å². The first-order valence-electron chi connectivity index (χ1n) is 15.7. The number of benzene rings is 5. The Morgan fingerprint density at radius 3 is 1.89 bits per heavy atom. The number of aliphatic hydroxyl groups is 1. The Morgan fingerprint density at radius 2 is 1.32 bits per heavy atom. The summed E-state index contributed by atoms with van der Waals surface area (Å²) in [6.45, 7) is -0.375. The minimum absolute atomic E-state index is 0.110. The summed E-state index contributed by atoms with van der Waals surface area (Å²) < 4.78 is 7.26. The van der Waals surface area contributed by atoms with Crippen molar-refractivity contribution in [1.29, 1.82) is 0 Å². The molecule has 5 aromatic carbocycles. The van der Waals surface area contributed by atoms with E-state index in [0.717, 1.165) is 33.0 Å². The second kappa shape index (κ2) is 14.3. The number of hydrogen-bond acceptors (Lipinski definition) is 5. The number of aromatic nitrogens is 2. The predicted molar refractivity (Wildman–Crippen MR) is 183 cm³/mol. The molecule has 1 heterocycles. The highest BCUT2D eigenvalue weighted by Gasteiger charge is 2.40. The second-order valence-electron chi connectivity index (χ2n) is 11.6. The zero-order valence-electron chi connectivity index (χ0n) is 26.2. The Hall–Kier alpha value is -5.53. The van der Waals surface area contributed by atoms with Crippen LogP contribution in [0.4, 0.5) is 0 Å². The molecule has 0 saturated heterocycles. The van der Waals surface area contributed by atoms with Crippen molar-refractivity contribution in [3.8, 4) is 0 Å². The normalized spacial score (nSPS) is 12.7. The van der Waals surface area contributed by atoms with Crippen molar-refractivity contribution in [3.05, 3.63) is 174 Å². The molecule has 0 fully saturated rings. The number of esters is 1. The molecule has 0 aliphatic rings. The molecule has 7 heteroatoms. The number of methoxy groups -OCH3 is 1. The Balaban J connectivity index is 1.38. The van der Waals surface area contributed by atoms with Gasteiger partial charge in [0.1, 0.15) is 11.6 Å². The van der Waals surface area contributed by atoms with E-state index in [1.165, 1.54) is 7.11 Å². The van der Waals surface area contributed by atoms with Crippen LogP contribution < -0.4 is 5.32 Å². The predicted octanol–water partition coefficient (Wildman–Crippen LogP) is 5.93. The van der Waals surface area contributed by atoms with E-state index in [2.05, 4.69) is 51.3 Å². The first-order valence-corrected chi connectivity index (χ1v) is 15.7. The van der Waals surface area contributed by atoms with Crippen LogP contribution in [-0.2, 0) is 32.7 Å². The summed E-state index contributed by atoms with van der Waals surface area (Å²) in [6.07, 6.45) is 3.93. The molecule has 0 spiro atoms. The van der Waals surface area contributed by atoms with Crippen LogP contribution >= 0.6 is 0 Å². The van der Waals surface area contributed by atoms with E-state index in [1.54, 1.807) is 12.5 Å². The Kier molecular flexibility index (Phi) is 9.55. The van der Waals surface area contributed by atoms with Gasteiger partial charge in [-0.05, 0) is 39.4 Å². The standard InChI is InChI=1S/C40H37N3O4/c1-47-39(46)37(42-38(45)31(27-44)24-30-16-13-15-29-14-11-12-23-36(29)30)25-35-26-41-28-43(35)40(32-17-5-2-6-18-32,33-19-7-3-8-20-33)34-21-9-4-10-22-34/h2-23,26,28,31,37,44H,24-25,27H2,1H3,(H,42,45)/t31-,37+/m1/s1. The fraction of sp³-hybridized carbons (Fsp3) is 0.175. The van der Waals surface area contributed by atoms with Crippen LogP contribution in [-0.4, -0.2) is 46.3 Å². The van der Waals surface area contributed by atoms with Crippen LogP contribution in [0, 0.1) is 5.92 Å². The summed E-state index contributed by atoms with van der Waals surface area (Å²) >= 11 is 0. The third kappa shape index (κ3) is 6.30. The molecule has 0 saturated carbocycles. The molecule has 6 aromatic rings. The molecule has 2 N–H and O–H groups in total. The Morgan fingerprint density at radius 1 is 0.766 bits per heavy atom. The number of carbonyl (C=O) groups is 2. The van der Waals surface area contributed by atoms with E-state index in [4.69, 9.17) is 4.74 Å². The van der Waals surface area contributed by atoms with Crippen LogP contribution in [0.1, 0.15) is 27.9 Å². The largest absolute Gasteiger partial charge is 0.467 e. The van der Waals surface area contributed by atoms with Gasteiger partial charge in [-0.25, -0.2) is 9.78 Å². The van der Waals surface area contributed by atoms with Crippen LogP contribution in [0.25, 0.3) is 10.8 Å². The number of carbonyl (C=O) groups excluding carboxylic acids is 2. The van der Waals surface area contributed by atoms with Crippen molar-refractivity contribution >= 4 is 22.6 Å². The maximum absolute atomic E-state index is 13.7. The lowest BCUT2D eigenvalue weighted by Gasteiger charge is -2.39. The number of nitrogens with zero attached hydrogens (tertiary/aromatic N) is 2. The van der Waals surface area contributed by atoms with E-state index in [1.807, 2.05) is 97.1 Å². The van der Waals surface area contributed by atoms with Gasteiger partial charge >= 0.3 is 5.97 Å². The van der Waals surface area contributed by atoms with Crippen molar-refractivity contribution in [1.82, 2.24) is 14.9 Å². The maximum atomic E-state index is 13.7. The number of imidazole rings is 1. The molecule has 0 aliphatic carbocycles. The zero-order valence-corrected chi connectivity index (χ0v) is 26.2. The molecule has 1 aromatic heterocycles. The highest BCUT2D eigenvalue weighted by Crippen LogP contribution is 2.41. The first kappa shape index (κ1) is 31.5. The lowest BCUT2D eigenvalue weighted by molar-refractivity contribution is -0.145. The fourth-order valence-corrected chi connectivity index (χ4v) is 6.54. The molecule has 0 aliphatic heterocycles. The highest BCUT2D eigenvalue weighted by atomic mass is 16.5. The molecule has 0 bridgehead atoms. The smallest absolute Gasteiger partial charge is 0.328 e. The second-order valence-corrected chi connectivity index (χ2v) is 11.6. The third-order valence-corrected chi connectivity index (χ3v) is 8.80. The molecule has 0 radical (unpaired) electrons. The average Bonchev–Trinajstić information content (AvgIpc) is 3.59. The van der Waals surface area contributed by atoms with Gasteiger partial charge in [0.2, 0.25) is 5.91 Å². The number of rotatable bonds is 12. The average molecular weight is 624 g/mol. The summed E-state index contributed by atoms with van der Waals surface area (Å²) in [5, 5.41) is 15.3.